The topological polar surface area (TPSA) is 0 Å². The molecule has 0 saturated heterocycles. The van der Waals surface area contributed by atoms with Crippen LogP contribution in [0.2, 0.25) is 0 Å². The summed E-state index contributed by atoms with van der Waals surface area (Å²) in [5.41, 5.74) is 5.26. The molecule has 0 radical (unpaired) electrons. The molecule has 0 unspecified atom stereocenters. The van der Waals surface area contributed by atoms with Gasteiger partial charge in [0, 0.05) is 0 Å². The average molecular weight is 222 g/mol. The molecule has 2 aromatic rings. The van der Waals surface area contributed by atoms with E-state index in [0.29, 0.717) is 0 Å². The molecule has 0 fully saturated rings. The van der Waals surface area contributed by atoms with E-state index in [4.69, 9.17) is 0 Å². The first-order chi connectivity index (χ1) is 8.29. The van der Waals surface area contributed by atoms with Crippen LogP contribution in [0.25, 0.3) is 11.1 Å². The fourth-order valence-electron chi connectivity index (χ4n) is 1.96. The van der Waals surface area contributed by atoms with Gasteiger partial charge in [0.15, 0.2) is 0 Å². The maximum Gasteiger partial charge on any atom is -0.0181 e. The highest BCUT2D eigenvalue weighted by Gasteiger charge is 1.98. The second kappa shape index (κ2) is 5.49. The summed E-state index contributed by atoms with van der Waals surface area (Å²) in [4.78, 5) is 0. The first-order valence-electron chi connectivity index (χ1n) is 6.06. The first kappa shape index (κ1) is 11.7. The van der Waals surface area contributed by atoms with Crippen molar-refractivity contribution >= 4 is 0 Å². The van der Waals surface area contributed by atoms with Crippen LogP contribution < -0.4 is 0 Å². The predicted octanol–water partition coefficient (Wildman–Crippen LogP) is 4.78. The molecule has 0 heteroatoms. The van der Waals surface area contributed by atoms with Gasteiger partial charge in [0.1, 0.15) is 0 Å². The maximum absolute atomic E-state index is 3.75. The Bertz CT molecular complexity index is 492. The molecule has 0 saturated carbocycles. The summed E-state index contributed by atoms with van der Waals surface area (Å²) in [7, 11) is 0. The summed E-state index contributed by atoms with van der Waals surface area (Å²) in [6, 6.07) is 17.4. The Morgan fingerprint density at radius 3 is 2.41 bits per heavy atom. The van der Waals surface area contributed by atoms with Gasteiger partial charge in [0.2, 0.25) is 0 Å². The first-order valence-corrected chi connectivity index (χ1v) is 6.06. The Hall–Kier alpha value is -1.82. The highest BCUT2D eigenvalue weighted by molar-refractivity contribution is 5.64. The second-order valence-corrected chi connectivity index (χ2v) is 4.39. The number of hydrogen-bond acceptors (Lipinski definition) is 0. The lowest BCUT2D eigenvalue weighted by atomic mass is 10.0. The van der Waals surface area contributed by atoms with Crippen LogP contribution in [-0.4, -0.2) is 0 Å². The summed E-state index contributed by atoms with van der Waals surface area (Å²) in [6.45, 7) is 5.88. The molecule has 0 aliphatic heterocycles. The summed E-state index contributed by atoms with van der Waals surface area (Å²) in [5.74, 6) is 0. The van der Waals surface area contributed by atoms with Crippen LogP contribution >= 0.6 is 0 Å². The molecule has 0 aliphatic carbocycles. The van der Waals surface area contributed by atoms with E-state index >= 15 is 0 Å². The fourth-order valence-corrected chi connectivity index (χ4v) is 1.96. The minimum absolute atomic E-state index is 1.05. The Kier molecular flexibility index (Phi) is 3.77. The molecule has 2 aromatic carbocycles. The van der Waals surface area contributed by atoms with E-state index in [9.17, 15) is 0 Å². The number of allylic oxidation sites excluding steroid dienone is 1. The normalized spacial score (nSPS) is 10.2. The second-order valence-electron chi connectivity index (χ2n) is 4.39. The zero-order valence-electron chi connectivity index (χ0n) is 10.3. The smallest absolute Gasteiger partial charge is 0.0181 e. The highest BCUT2D eigenvalue weighted by Crippen LogP contribution is 2.21. The van der Waals surface area contributed by atoms with E-state index in [-0.39, 0.29) is 0 Å². The summed E-state index contributed by atoms with van der Waals surface area (Å²) in [6.07, 6.45) is 4.09. The lowest BCUT2D eigenvalue weighted by Crippen LogP contribution is -1.84. The van der Waals surface area contributed by atoms with Crippen LogP contribution in [0.15, 0.2) is 61.2 Å². The molecule has 0 spiro atoms. The van der Waals surface area contributed by atoms with Crippen LogP contribution in [0.4, 0.5) is 0 Å². The van der Waals surface area contributed by atoms with Crippen molar-refractivity contribution in [1.29, 1.82) is 0 Å². The molecule has 0 bridgehead atoms. The minimum atomic E-state index is 1.05. The molecular weight excluding hydrogens is 204 g/mol. The van der Waals surface area contributed by atoms with Gasteiger partial charge < -0.3 is 0 Å². The van der Waals surface area contributed by atoms with Crippen molar-refractivity contribution in [3.8, 4) is 11.1 Å². The van der Waals surface area contributed by atoms with Crippen LogP contribution in [-0.2, 0) is 6.42 Å². The van der Waals surface area contributed by atoms with Gasteiger partial charge in [-0.3, -0.25) is 0 Å². The Morgan fingerprint density at radius 1 is 1.00 bits per heavy atom. The average Bonchev–Trinajstić information content (AvgIpc) is 2.37. The van der Waals surface area contributed by atoms with Crippen LogP contribution in [0.5, 0.6) is 0 Å². The zero-order valence-corrected chi connectivity index (χ0v) is 10.3. The van der Waals surface area contributed by atoms with Gasteiger partial charge in [-0.15, -0.1) is 6.58 Å². The van der Waals surface area contributed by atoms with Crippen molar-refractivity contribution in [1.82, 2.24) is 0 Å². The molecule has 0 atom stereocenters. The summed E-state index contributed by atoms with van der Waals surface area (Å²) >= 11 is 0. The van der Waals surface area contributed by atoms with Gasteiger partial charge in [-0.2, -0.15) is 0 Å². The van der Waals surface area contributed by atoms with Gasteiger partial charge in [0.05, 0.1) is 0 Å². The predicted molar refractivity (Wildman–Crippen MR) is 75.1 cm³/mol. The summed E-state index contributed by atoms with van der Waals surface area (Å²) in [5, 5.41) is 0. The van der Waals surface area contributed by atoms with E-state index in [1.807, 2.05) is 6.08 Å². The minimum Gasteiger partial charge on any atom is -0.103 e. The molecule has 0 amide bonds. The van der Waals surface area contributed by atoms with Crippen molar-refractivity contribution in [3.05, 3.63) is 72.3 Å². The molecule has 2 rings (SSSR count). The molecular formula is C17H18. The van der Waals surface area contributed by atoms with Crippen LogP contribution in [0.1, 0.15) is 17.5 Å². The Labute approximate surface area is 104 Å². The van der Waals surface area contributed by atoms with Crippen LogP contribution in [0, 0.1) is 6.92 Å². The van der Waals surface area contributed by atoms with Crippen molar-refractivity contribution < 1.29 is 0 Å². The molecule has 86 valence electrons. The van der Waals surface area contributed by atoms with Crippen molar-refractivity contribution in [2.75, 3.05) is 0 Å². The molecule has 0 nitrogen and oxygen atoms in total. The molecule has 17 heavy (non-hydrogen) atoms. The highest BCUT2D eigenvalue weighted by atomic mass is 14.0. The van der Waals surface area contributed by atoms with Crippen molar-refractivity contribution in [3.63, 3.8) is 0 Å². The lowest BCUT2D eigenvalue weighted by Gasteiger charge is -2.04. The third-order valence-corrected chi connectivity index (χ3v) is 2.94. The Balaban J connectivity index is 2.20. The van der Waals surface area contributed by atoms with Crippen molar-refractivity contribution in [2.24, 2.45) is 0 Å². The third kappa shape index (κ3) is 3.07. The summed E-state index contributed by atoms with van der Waals surface area (Å²) < 4.78 is 0. The molecule has 0 heterocycles. The number of aryl methyl sites for hydroxylation is 2. The van der Waals surface area contributed by atoms with E-state index in [0.717, 1.165) is 12.8 Å². The van der Waals surface area contributed by atoms with Gasteiger partial charge >= 0.3 is 0 Å². The number of rotatable bonds is 4. The monoisotopic (exact) mass is 222 g/mol. The Morgan fingerprint density at radius 2 is 1.76 bits per heavy atom. The van der Waals surface area contributed by atoms with Gasteiger partial charge in [-0.05, 0) is 36.5 Å². The van der Waals surface area contributed by atoms with E-state index in [2.05, 4.69) is 62.0 Å². The SMILES string of the molecule is C=CCCc1ccc(-c2cccc(C)c2)cc1. The largest absolute Gasteiger partial charge is 0.103 e. The van der Waals surface area contributed by atoms with E-state index in [1.165, 1.54) is 22.3 Å². The maximum atomic E-state index is 3.75. The number of hydrogen-bond donors (Lipinski definition) is 0. The van der Waals surface area contributed by atoms with E-state index < -0.39 is 0 Å². The van der Waals surface area contributed by atoms with Gasteiger partial charge in [-0.25, -0.2) is 0 Å². The van der Waals surface area contributed by atoms with Crippen LogP contribution in [0.3, 0.4) is 0 Å². The van der Waals surface area contributed by atoms with Gasteiger partial charge in [-0.1, -0.05) is 60.2 Å². The van der Waals surface area contributed by atoms with Gasteiger partial charge in [0.25, 0.3) is 0 Å². The molecule has 0 N–H and O–H groups in total. The quantitative estimate of drug-likeness (QED) is 0.653. The van der Waals surface area contributed by atoms with E-state index in [1.54, 1.807) is 0 Å². The molecule has 0 aliphatic rings. The van der Waals surface area contributed by atoms with Crippen molar-refractivity contribution in [2.45, 2.75) is 19.8 Å². The lowest BCUT2D eigenvalue weighted by molar-refractivity contribution is 1.00. The number of benzene rings is 2. The fraction of sp³-hybridized carbons (Fsp3) is 0.176. The standard InChI is InChI=1S/C17H18/c1-3-4-7-15-9-11-16(12-10-15)17-8-5-6-14(2)13-17/h3,5-6,8-13H,1,4,7H2,2H3. The molecule has 0 aromatic heterocycles. The third-order valence-electron chi connectivity index (χ3n) is 2.94. The zero-order chi connectivity index (χ0) is 12.1.